The molecule has 108 valence electrons. The van der Waals surface area contributed by atoms with Gasteiger partial charge < -0.3 is 10.2 Å². The Labute approximate surface area is 117 Å². The number of hydrogen-bond acceptors (Lipinski definition) is 2. The molecule has 1 amide bonds. The Hall–Kier alpha value is -0.570. The second-order valence-electron chi connectivity index (χ2n) is 6.95. The van der Waals surface area contributed by atoms with Crippen LogP contribution in [0.15, 0.2) is 0 Å². The van der Waals surface area contributed by atoms with Gasteiger partial charge in [0.05, 0.1) is 0 Å². The van der Waals surface area contributed by atoms with E-state index in [0.29, 0.717) is 17.9 Å². The minimum absolute atomic E-state index is 0.338. The number of fused-ring (bicyclic) bond motifs is 1. The Kier molecular flexibility index (Phi) is 4.11. The van der Waals surface area contributed by atoms with Crippen LogP contribution in [0.3, 0.4) is 0 Å². The maximum Gasteiger partial charge on any atom is 0.225 e. The first kappa shape index (κ1) is 13.4. The Morgan fingerprint density at radius 3 is 2.68 bits per heavy atom. The number of carbonyl (C=O) groups is 1. The molecule has 0 aromatic heterocycles. The van der Waals surface area contributed by atoms with Crippen LogP contribution in [-0.2, 0) is 4.79 Å². The van der Waals surface area contributed by atoms with Crippen LogP contribution in [0.1, 0.15) is 51.9 Å². The largest absolute Gasteiger partial charge is 0.340 e. The van der Waals surface area contributed by atoms with Crippen LogP contribution < -0.4 is 5.32 Å². The first-order valence-corrected chi connectivity index (χ1v) is 8.26. The van der Waals surface area contributed by atoms with Crippen molar-refractivity contribution >= 4 is 5.91 Å². The number of nitrogens with one attached hydrogen (secondary N) is 1. The van der Waals surface area contributed by atoms with Crippen LogP contribution in [-0.4, -0.2) is 36.5 Å². The van der Waals surface area contributed by atoms with Gasteiger partial charge in [0, 0.05) is 31.6 Å². The van der Waals surface area contributed by atoms with E-state index in [1.54, 1.807) is 0 Å². The molecule has 3 aliphatic rings. The van der Waals surface area contributed by atoms with Crippen LogP contribution in [0.25, 0.3) is 0 Å². The molecule has 3 unspecified atom stereocenters. The average molecular weight is 264 g/mol. The SMILES string of the molecule is C[C@@H]1CN(C(=O)C2CCC3CCCCC3C2)CCN1. The third-order valence-corrected chi connectivity index (χ3v) is 5.57. The molecule has 0 radical (unpaired) electrons. The van der Waals surface area contributed by atoms with Gasteiger partial charge in [-0.1, -0.05) is 25.7 Å². The normalized spacial score (nSPS) is 39.7. The van der Waals surface area contributed by atoms with E-state index in [0.717, 1.165) is 37.9 Å². The summed E-state index contributed by atoms with van der Waals surface area (Å²) in [7, 11) is 0. The fraction of sp³-hybridized carbons (Fsp3) is 0.938. The van der Waals surface area contributed by atoms with Gasteiger partial charge >= 0.3 is 0 Å². The summed E-state index contributed by atoms with van der Waals surface area (Å²) in [5, 5.41) is 3.42. The summed E-state index contributed by atoms with van der Waals surface area (Å²) in [5.74, 6) is 2.60. The zero-order chi connectivity index (χ0) is 13.2. The van der Waals surface area contributed by atoms with Crippen molar-refractivity contribution in [1.29, 1.82) is 0 Å². The highest BCUT2D eigenvalue weighted by Crippen LogP contribution is 2.43. The van der Waals surface area contributed by atoms with Crippen molar-refractivity contribution in [3.05, 3.63) is 0 Å². The number of piperazine rings is 1. The number of hydrogen-bond donors (Lipinski definition) is 1. The van der Waals surface area contributed by atoms with Crippen molar-refractivity contribution in [3.63, 3.8) is 0 Å². The predicted octanol–water partition coefficient (Wildman–Crippen LogP) is 2.41. The van der Waals surface area contributed by atoms with Crippen LogP contribution in [0.5, 0.6) is 0 Å². The van der Waals surface area contributed by atoms with Gasteiger partial charge in [-0.25, -0.2) is 0 Å². The van der Waals surface area contributed by atoms with Gasteiger partial charge in [-0.15, -0.1) is 0 Å². The maximum atomic E-state index is 12.7. The van der Waals surface area contributed by atoms with Crippen LogP contribution >= 0.6 is 0 Å². The summed E-state index contributed by atoms with van der Waals surface area (Å²) in [6.07, 6.45) is 9.27. The molecule has 2 saturated carbocycles. The molecule has 4 atom stereocenters. The molecule has 3 fully saturated rings. The third kappa shape index (κ3) is 2.96. The van der Waals surface area contributed by atoms with Gasteiger partial charge in [0.25, 0.3) is 0 Å². The fourth-order valence-corrected chi connectivity index (χ4v) is 4.49. The first-order valence-electron chi connectivity index (χ1n) is 8.26. The second-order valence-corrected chi connectivity index (χ2v) is 6.95. The molecule has 0 spiro atoms. The maximum absolute atomic E-state index is 12.7. The average Bonchev–Trinajstić information content (AvgIpc) is 2.46. The molecule has 3 nitrogen and oxygen atoms in total. The zero-order valence-corrected chi connectivity index (χ0v) is 12.2. The summed E-state index contributed by atoms with van der Waals surface area (Å²) >= 11 is 0. The molecule has 3 rings (SSSR count). The number of carbonyl (C=O) groups excluding carboxylic acids is 1. The van der Waals surface area contributed by atoms with E-state index < -0.39 is 0 Å². The lowest BCUT2D eigenvalue weighted by atomic mass is 9.67. The minimum Gasteiger partial charge on any atom is -0.340 e. The van der Waals surface area contributed by atoms with Gasteiger partial charge in [-0.3, -0.25) is 4.79 Å². The third-order valence-electron chi connectivity index (χ3n) is 5.57. The van der Waals surface area contributed by atoms with Gasteiger partial charge in [-0.05, 0) is 38.0 Å². The second kappa shape index (κ2) is 5.82. The number of rotatable bonds is 1. The molecule has 3 heteroatoms. The van der Waals surface area contributed by atoms with Gasteiger partial charge in [0.15, 0.2) is 0 Å². The highest BCUT2D eigenvalue weighted by atomic mass is 16.2. The van der Waals surface area contributed by atoms with Crippen molar-refractivity contribution in [3.8, 4) is 0 Å². The van der Waals surface area contributed by atoms with E-state index in [4.69, 9.17) is 0 Å². The quantitative estimate of drug-likeness (QED) is 0.789. The lowest BCUT2D eigenvalue weighted by molar-refractivity contribution is -0.139. The van der Waals surface area contributed by atoms with Crippen molar-refractivity contribution in [2.24, 2.45) is 17.8 Å². The summed E-state index contributed by atoms with van der Waals surface area (Å²) in [6, 6.07) is 0.462. The van der Waals surface area contributed by atoms with E-state index in [1.807, 2.05) is 0 Å². The zero-order valence-electron chi connectivity index (χ0n) is 12.2. The summed E-state index contributed by atoms with van der Waals surface area (Å²) in [6.45, 7) is 4.96. The topological polar surface area (TPSA) is 32.3 Å². The van der Waals surface area contributed by atoms with Gasteiger partial charge in [-0.2, -0.15) is 0 Å². The van der Waals surface area contributed by atoms with Gasteiger partial charge in [0.2, 0.25) is 5.91 Å². The fourth-order valence-electron chi connectivity index (χ4n) is 4.49. The molecular formula is C16H28N2O. The smallest absolute Gasteiger partial charge is 0.225 e. The standard InChI is InChI=1S/C16H28N2O/c1-12-11-18(9-8-17-12)16(19)15-7-6-13-4-2-3-5-14(13)10-15/h12-15,17H,2-11H2,1H3/t12-,13?,14?,15?/m1/s1. The van der Waals surface area contributed by atoms with Crippen molar-refractivity contribution < 1.29 is 4.79 Å². The highest BCUT2D eigenvalue weighted by molar-refractivity contribution is 5.79. The van der Waals surface area contributed by atoms with Crippen LogP contribution in [0.2, 0.25) is 0 Å². The highest BCUT2D eigenvalue weighted by Gasteiger charge is 2.37. The molecular weight excluding hydrogens is 236 g/mol. The predicted molar refractivity (Wildman–Crippen MR) is 76.8 cm³/mol. The Bertz CT molecular complexity index is 331. The van der Waals surface area contributed by atoms with Crippen LogP contribution in [0.4, 0.5) is 0 Å². The Morgan fingerprint density at radius 2 is 1.89 bits per heavy atom. The molecule has 1 N–H and O–H groups in total. The molecule has 1 saturated heterocycles. The number of nitrogens with zero attached hydrogens (tertiary/aromatic N) is 1. The van der Waals surface area contributed by atoms with E-state index >= 15 is 0 Å². The Balaban J connectivity index is 1.58. The summed E-state index contributed by atoms with van der Waals surface area (Å²) < 4.78 is 0. The summed E-state index contributed by atoms with van der Waals surface area (Å²) in [5.41, 5.74) is 0. The molecule has 2 aliphatic carbocycles. The molecule has 19 heavy (non-hydrogen) atoms. The van der Waals surface area contributed by atoms with Crippen molar-refractivity contribution in [1.82, 2.24) is 10.2 Å². The molecule has 1 heterocycles. The van der Waals surface area contributed by atoms with Gasteiger partial charge in [0.1, 0.15) is 0 Å². The Morgan fingerprint density at radius 1 is 1.11 bits per heavy atom. The molecule has 1 aliphatic heterocycles. The lowest BCUT2D eigenvalue weighted by Crippen LogP contribution is -2.53. The number of amides is 1. The minimum atomic E-state index is 0.338. The monoisotopic (exact) mass is 264 g/mol. The van der Waals surface area contributed by atoms with E-state index in [9.17, 15) is 4.79 Å². The van der Waals surface area contributed by atoms with E-state index in [1.165, 1.54) is 38.5 Å². The first-order chi connectivity index (χ1) is 9.24. The van der Waals surface area contributed by atoms with E-state index in [-0.39, 0.29) is 0 Å². The van der Waals surface area contributed by atoms with Crippen LogP contribution in [0, 0.1) is 17.8 Å². The molecule has 0 aromatic carbocycles. The van der Waals surface area contributed by atoms with Crippen molar-refractivity contribution in [2.75, 3.05) is 19.6 Å². The van der Waals surface area contributed by atoms with Crippen molar-refractivity contribution in [2.45, 2.75) is 57.9 Å². The lowest BCUT2D eigenvalue weighted by Gasteiger charge is -2.41. The molecule has 0 bridgehead atoms. The summed E-state index contributed by atoms with van der Waals surface area (Å²) in [4.78, 5) is 14.8. The molecule has 0 aromatic rings. The van der Waals surface area contributed by atoms with E-state index in [2.05, 4.69) is 17.1 Å².